The Balaban J connectivity index is 2.27. The molecular formula is C14H21NO. The molecule has 88 valence electrons. The van der Waals surface area contributed by atoms with E-state index in [0.717, 1.165) is 17.7 Å². The standard InChI is InChI=1S/C14H21NO/c1-3-4-5-6-7-8-14(16)13-10-9-12(2)15-11-13/h9-11H,3-8H2,1-2H3. The number of Topliss-reactive ketones (excluding diaryl/α,β-unsaturated/α-hetero) is 1. The molecule has 0 bridgehead atoms. The molecule has 0 aliphatic rings. The van der Waals surface area contributed by atoms with Crippen molar-refractivity contribution in [3.63, 3.8) is 0 Å². The van der Waals surface area contributed by atoms with Crippen LogP contribution >= 0.6 is 0 Å². The smallest absolute Gasteiger partial charge is 0.164 e. The van der Waals surface area contributed by atoms with Crippen LogP contribution in [0.4, 0.5) is 0 Å². The summed E-state index contributed by atoms with van der Waals surface area (Å²) in [4.78, 5) is 15.9. The van der Waals surface area contributed by atoms with Gasteiger partial charge < -0.3 is 0 Å². The van der Waals surface area contributed by atoms with Crippen LogP contribution in [-0.2, 0) is 0 Å². The number of nitrogens with zero attached hydrogens (tertiary/aromatic N) is 1. The number of hydrogen-bond acceptors (Lipinski definition) is 2. The van der Waals surface area contributed by atoms with Crippen molar-refractivity contribution >= 4 is 5.78 Å². The predicted octanol–water partition coefficient (Wildman–Crippen LogP) is 3.93. The molecule has 0 atom stereocenters. The zero-order chi connectivity index (χ0) is 11.8. The first-order chi connectivity index (χ1) is 7.74. The lowest BCUT2D eigenvalue weighted by atomic mass is 10.0. The first-order valence-electron chi connectivity index (χ1n) is 6.20. The van der Waals surface area contributed by atoms with Crippen molar-refractivity contribution in [3.8, 4) is 0 Å². The second-order valence-electron chi connectivity index (χ2n) is 4.28. The highest BCUT2D eigenvalue weighted by atomic mass is 16.1. The van der Waals surface area contributed by atoms with Crippen LogP contribution in [0.1, 0.15) is 61.5 Å². The Bertz CT molecular complexity index is 316. The number of unbranched alkanes of at least 4 members (excludes halogenated alkanes) is 4. The summed E-state index contributed by atoms with van der Waals surface area (Å²) in [6.07, 6.45) is 8.29. The molecule has 1 aromatic heterocycles. The first-order valence-corrected chi connectivity index (χ1v) is 6.20. The van der Waals surface area contributed by atoms with Crippen LogP contribution in [0.15, 0.2) is 18.3 Å². The third-order valence-electron chi connectivity index (χ3n) is 2.74. The van der Waals surface area contributed by atoms with Crippen molar-refractivity contribution < 1.29 is 4.79 Å². The van der Waals surface area contributed by atoms with E-state index in [1.54, 1.807) is 6.20 Å². The van der Waals surface area contributed by atoms with Gasteiger partial charge in [0.1, 0.15) is 0 Å². The van der Waals surface area contributed by atoms with Gasteiger partial charge in [0.05, 0.1) is 0 Å². The van der Waals surface area contributed by atoms with Gasteiger partial charge in [-0.25, -0.2) is 0 Å². The Labute approximate surface area is 98.1 Å². The number of aryl methyl sites for hydroxylation is 1. The SMILES string of the molecule is CCCCCCCC(=O)c1ccc(C)nc1. The molecule has 2 heteroatoms. The molecule has 0 amide bonds. The maximum atomic E-state index is 11.7. The molecule has 0 aliphatic heterocycles. The molecule has 16 heavy (non-hydrogen) atoms. The van der Waals surface area contributed by atoms with Crippen molar-refractivity contribution in [3.05, 3.63) is 29.6 Å². The second-order valence-corrected chi connectivity index (χ2v) is 4.28. The number of hydrogen-bond donors (Lipinski definition) is 0. The largest absolute Gasteiger partial charge is 0.294 e. The van der Waals surface area contributed by atoms with Crippen LogP contribution in [0.25, 0.3) is 0 Å². The van der Waals surface area contributed by atoms with E-state index in [1.807, 2.05) is 19.1 Å². The minimum Gasteiger partial charge on any atom is -0.294 e. The number of aromatic nitrogens is 1. The molecule has 2 nitrogen and oxygen atoms in total. The fraction of sp³-hybridized carbons (Fsp3) is 0.571. The molecule has 0 radical (unpaired) electrons. The zero-order valence-corrected chi connectivity index (χ0v) is 10.3. The van der Waals surface area contributed by atoms with Crippen LogP contribution < -0.4 is 0 Å². The number of pyridine rings is 1. The lowest BCUT2D eigenvalue weighted by molar-refractivity contribution is 0.0979. The van der Waals surface area contributed by atoms with E-state index in [2.05, 4.69) is 11.9 Å². The molecule has 0 saturated heterocycles. The molecule has 0 aromatic carbocycles. The molecule has 1 heterocycles. The maximum Gasteiger partial charge on any atom is 0.164 e. The van der Waals surface area contributed by atoms with E-state index < -0.39 is 0 Å². The van der Waals surface area contributed by atoms with Crippen molar-refractivity contribution in [2.75, 3.05) is 0 Å². The normalized spacial score (nSPS) is 10.4. The van der Waals surface area contributed by atoms with Crippen molar-refractivity contribution in [1.29, 1.82) is 0 Å². The summed E-state index contributed by atoms with van der Waals surface area (Å²) < 4.78 is 0. The van der Waals surface area contributed by atoms with E-state index in [4.69, 9.17) is 0 Å². The van der Waals surface area contributed by atoms with Gasteiger partial charge in [0.2, 0.25) is 0 Å². The van der Waals surface area contributed by atoms with Crippen LogP contribution in [0, 0.1) is 6.92 Å². The first kappa shape index (κ1) is 12.9. The number of rotatable bonds is 7. The van der Waals surface area contributed by atoms with Gasteiger partial charge in [-0.1, -0.05) is 32.6 Å². The summed E-state index contributed by atoms with van der Waals surface area (Å²) in [5.74, 6) is 0.226. The van der Waals surface area contributed by atoms with E-state index >= 15 is 0 Å². The van der Waals surface area contributed by atoms with E-state index in [-0.39, 0.29) is 5.78 Å². The summed E-state index contributed by atoms with van der Waals surface area (Å²) in [6.45, 7) is 4.13. The fourth-order valence-electron chi connectivity index (χ4n) is 1.67. The van der Waals surface area contributed by atoms with Gasteiger partial charge in [-0.2, -0.15) is 0 Å². The average Bonchev–Trinajstić information content (AvgIpc) is 2.29. The molecule has 0 fully saturated rings. The van der Waals surface area contributed by atoms with Crippen LogP contribution in [0.2, 0.25) is 0 Å². The van der Waals surface area contributed by atoms with E-state index in [1.165, 1.54) is 25.7 Å². The van der Waals surface area contributed by atoms with Gasteiger partial charge in [0.15, 0.2) is 5.78 Å². The Morgan fingerprint density at radius 1 is 1.19 bits per heavy atom. The van der Waals surface area contributed by atoms with Crippen molar-refractivity contribution in [1.82, 2.24) is 4.98 Å². The third-order valence-corrected chi connectivity index (χ3v) is 2.74. The summed E-state index contributed by atoms with van der Waals surface area (Å²) >= 11 is 0. The molecule has 0 saturated carbocycles. The minimum atomic E-state index is 0.226. The molecular weight excluding hydrogens is 198 g/mol. The monoisotopic (exact) mass is 219 g/mol. The van der Waals surface area contributed by atoms with Gasteiger partial charge in [0.25, 0.3) is 0 Å². The molecule has 0 aliphatic carbocycles. The molecule has 1 aromatic rings. The molecule has 0 spiro atoms. The maximum absolute atomic E-state index is 11.7. The fourth-order valence-corrected chi connectivity index (χ4v) is 1.67. The topological polar surface area (TPSA) is 30.0 Å². The lowest BCUT2D eigenvalue weighted by Crippen LogP contribution is -1.99. The highest BCUT2D eigenvalue weighted by Gasteiger charge is 2.05. The molecule has 1 rings (SSSR count). The zero-order valence-electron chi connectivity index (χ0n) is 10.3. The summed E-state index contributed by atoms with van der Waals surface area (Å²) in [7, 11) is 0. The van der Waals surface area contributed by atoms with E-state index in [9.17, 15) is 4.79 Å². The van der Waals surface area contributed by atoms with Crippen molar-refractivity contribution in [2.45, 2.75) is 52.4 Å². The summed E-state index contributed by atoms with van der Waals surface area (Å²) in [6, 6.07) is 3.76. The second kappa shape index (κ2) is 7.15. The Kier molecular flexibility index (Phi) is 5.76. The number of carbonyl (C=O) groups excluding carboxylic acids is 1. The van der Waals surface area contributed by atoms with Gasteiger partial charge >= 0.3 is 0 Å². The van der Waals surface area contributed by atoms with Crippen LogP contribution in [0.5, 0.6) is 0 Å². The lowest BCUT2D eigenvalue weighted by Gasteiger charge is -2.01. The highest BCUT2D eigenvalue weighted by molar-refractivity contribution is 5.95. The molecule has 0 unspecified atom stereocenters. The number of carbonyl (C=O) groups is 1. The molecule has 0 N–H and O–H groups in total. The summed E-state index contributed by atoms with van der Waals surface area (Å²) in [5.41, 5.74) is 1.71. The van der Waals surface area contributed by atoms with Crippen LogP contribution in [-0.4, -0.2) is 10.8 Å². The van der Waals surface area contributed by atoms with Gasteiger partial charge in [-0.3, -0.25) is 9.78 Å². The average molecular weight is 219 g/mol. The van der Waals surface area contributed by atoms with Gasteiger partial charge in [-0.15, -0.1) is 0 Å². The minimum absolute atomic E-state index is 0.226. The Morgan fingerprint density at radius 2 is 1.94 bits per heavy atom. The Hall–Kier alpha value is -1.18. The predicted molar refractivity (Wildman–Crippen MR) is 66.7 cm³/mol. The van der Waals surface area contributed by atoms with E-state index in [0.29, 0.717) is 6.42 Å². The quantitative estimate of drug-likeness (QED) is 0.513. The number of ketones is 1. The Morgan fingerprint density at radius 3 is 2.56 bits per heavy atom. The van der Waals surface area contributed by atoms with Gasteiger partial charge in [-0.05, 0) is 25.5 Å². The summed E-state index contributed by atoms with van der Waals surface area (Å²) in [5, 5.41) is 0. The van der Waals surface area contributed by atoms with Gasteiger partial charge in [0, 0.05) is 23.9 Å². The van der Waals surface area contributed by atoms with Crippen LogP contribution in [0.3, 0.4) is 0 Å². The van der Waals surface area contributed by atoms with Crippen molar-refractivity contribution in [2.24, 2.45) is 0 Å². The third kappa shape index (κ3) is 4.56. The highest BCUT2D eigenvalue weighted by Crippen LogP contribution is 2.09.